The van der Waals surface area contributed by atoms with Gasteiger partial charge in [-0.3, -0.25) is 9.69 Å². The zero-order valence-electron chi connectivity index (χ0n) is 13.4. The summed E-state index contributed by atoms with van der Waals surface area (Å²) in [4.78, 5) is 14.8. The first-order valence-corrected chi connectivity index (χ1v) is 8.18. The predicted molar refractivity (Wildman–Crippen MR) is 94.2 cm³/mol. The van der Waals surface area contributed by atoms with Gasteiger partial charge in [0.2, 0.25) is 0 Å². The number of para-hydroxylation sites is 2. The smallest absolute Gasteiger partial charge is 0.294 e. The molecule has 0 saturated heterocycles. The minimum atomic E-state index is -0.164. The molecule has 2 heterocycles. The summed E-state index contributed by atoms with van der Waals surface area (Å²) in [6.45, 7) is 4.31. The molecule has 0 radical (unpaired) electrons. The second kappa shape index (κ2) is 5.56. The van der Waals surface area contributed by atoms with Gasteiger partial charge in [0.25, 0.3) is 5.91 Å². The molecular weight excluding hydrogens is 326 g/mol. The number of aryl methyl sites for hydroxylation is 1. The van der Waals surface area contributed by atoms with E-state index in [0.717, 1.165) is 16.6 Å². The maximum atomic E-state index is 13.1. The number of fused-ring (bicyclic) bond motifs is 2. The lowest BCUT2D eigenvalue weighted by Crippen LogP contribution is -2.42. The summed E-state index contributed by atoms with van der Waals surface area (Å²) in [5.41, 5.74) is 2.22. The zero-order chi connectivity index (χ0) is 16.8. The summed E-state index contributed by atoms with van der Waals surface area (Å²) in [7, 11) is 0. The van der Waals surface area contributed by atoms with Crippen molar-refractivity contribution in [1.29, 1.82) is 0 Å². The topological polar surface area (TPSA) is 42.7 Å². The highest BCUT2D eigenvalue weighted by atomic mass is 35.5. The number of anilines is 1. The van der Waals surface area contributed by atoms with Crippen molar-refractivity contribution in [2.24, 2.45) is 0 Å². The van der Waals surface area contributed by atoms with Crippen LogP contribution in [0.2, 0.25) is 5.02 Å². The average Bonchev–Trinajstić information content (AvgIpc) is 2.90. The third-order valence-corrected chi connectivity index (χ3v) is 4.50. The van der Waals surface area contributed by atoms with Gasteiger partial charge < -0.3 is 9.15 Å². The molecule has 0 fully saturated rings. The molecule has 1 amide bonds. The molecule has 0 aliphatic carbocycles. The first-order valence-electron chi connectivity index (χ1n) is 7.81. The summed E-state index contributed by atoms with van der Waals surface area (Å²) in [6, 6.07) is 12.9. The van der Waals surface area contributed by atoms with E-state index in [2.05, 4.69) is 0 Å². The molecule has 0 saturated carbocycles. The SMILES string of the molecule is Cc1c(C(=O)N2C[C@@H](C)Oc3ccccc32)oc2ccc(Cl)cc12. The molecule has 2 aromatic carbocycles. The molecule has 24 heavy (non-hydrogen) atoms. The van der Waals surface area contributed by atoms with Crippen LogP contribution in [0, 0.1) is 6.92 Å². The minimum absolute atomic E-state index is 0.0806. The van der Waals surface area contributed by atoms with Crippen LogP contribution >= 0.6 is 11.6 Å². The van der Waals surface area contributed by atoms with Crippen LogP contribution in [0.3, 0.4) is 0 Å². The van der Waals surface area contributed by atoms with Gasteiger partial charge in [-0.05, 0) is 44.2 Å². The molecule has 1 atom stereocenters. The fourth-order valence-corrected chi connectivity index (χ4v) is 3.27. The molecule has 0 bridgehead atoms. The Bertz CT molecular complexity index is 947. The molecule has 0 spiro atoms. The first-order chi connectivity index (χ1) is 11.5. The van der Waals surface area contributed by atoms with Gasteiger partial charge in [-0.1, -0.05) is 23.7 Å². The third kappa shape index (κ3) is 2.34. The Morgan fingerprint density at radius 1 is 1.25 bits per heavy atom. The van der Waals surface area contributed by atoms with Gasteiger partial charge in [0.05, 0.1) is 12.2 Å². The highest BCUT2D eigenvalue weighted by Crippen LogP contribution is 2.36. The van der Waals surface area contributed by atoms with Crippen molar-refractivity contribution in [3.05, 3.63) is 58.8 Å². The van der Waals surface area contributed by atoms with Gasteiger partial charge in [0.15, 0.2) is 5.76 Å². The van der Waals surface area contributed by atoms with Gasteiger partial charge in [-0.25, -0.2) is 0 Å². The molecular formula is C19H16ClNO3. The van der Waals surface area contributed by atoms with Gasteiger partial charge >= 0.3 is 0 Å². The number of amides is 1. The second-order valence-corrected chi connectivity index (χ2v) is 6.45. The molecule has 1 aromatic heterocycles. The van der Waals surface area contributed by atoms with E-state index in [1.165, 1.54) is 0 Å². The van der Waals surface area contributed by atoms with Gasteiger partial charge in [0.1, 0.15) is 17.4 Å². The quantitative estimate of drug-likeness (QED) is 0.637. The number of halogens is 1. The van der Waals surface area contributed by atoms with E-state index in [4.69, 9.17) is 20.8 Å². The van der Waals surface area contributed by atoms with Gasteiger partial charge in [-0.15, -0.1) is 0 Å². The normalized spacial score (nSPS) is 16.8. The van der Waals surface area contributed by atoms with E-state index in [0.29, 0.717) is 28.7 Å². The lowest BCUT2D eigenvalue weighted by Gasteiger charge is -2.33. The monoisotopic (exact) mass is 341 g/mol. The molecule has 0 unspecified atom stereocenters. The molecule has 0 N–H and O–H groups in total. The predicted octanol–water partition coefficient (Wildman–Crippen LogP) is 4.82. The number of furan rings is 1. The van der Waals surface area contributed by atoms with Crippen molar-refractivity contribution in [3.8, 4) is 5.75 Å². The molecule has 4 nitrogen and oxygen atoms in total. The van der Waals surface area contributed by atoms with Crippen LogP contribution in [0.5, 0.6) is 5.75 Å². The molecule has 1 aliphatic heterocycles. The number of carbonyl (C=O) groups is 1. The Kier molecular flexibility index (Phi) is 3.50. The Labute approximate surface area is 144 Å². The maximum Gasteiger partial charge on any atom is 0.294 e. The highest BCUT2D eigenvalue weighted by molar-refractivity contribution is 6.31. The van der Waals surface area contributed by atoms with Crippen molar-refractivity contribution in [1.82, 2.24) is 0 Å². The summed E-state index contributed by atoms with van der Waals surface area (Å²) < 4.78 is 11.6. The van der Waals surface area contributed by atoms with Crippen molar-refractivity contribution >= 4 is 34.2 Å². The number of hydrogen-bond acceptors (Lipinski definition) is 3. The maximum absolute atomic E-state index is 13.1. The van der Waals surface area contributed by atoms with E-state index >= 15 is 0 Å². The Balaban J connectivity index is 1.81. The van der Waals surface area contributed by atoms with Crippen LogP contribution in [-0.4, -0.2) is 18.6 Å². The largest absolute Gasteiger partial charge is 0.487 e. The van der Waals surface area contributed by atoms with Crippen molar-refractivity contribution < 1.29 is 13.9 Å². The van der Waals surface area contributed by atoms with Crippen molar-refractivity contribution in [2.45, 2.75) is 20.0 Å². The van der Waals surface area contributed by atoms with Crippen LogP contribution in [0.15, 0.2) is 46.9 Å². The Morgan fingerprint density at radius 3 is 2.88 bits per heavy atom. The van der Waals surface area contributed by atoms with Crippen LogP contribution in [0.4, 0.5) is 5.69 Å². The van der Waals surface area contributed by atoms with Crippen LogP contribution in [0.1, 0.15) is 23.0 Å². The van der Waals surface area contributed by atoms with Gasteiger partial charge in [-0.2, -0.15) is 0 Å². The average molecular weight is 342 g/mol. The number of benzene rings is 2. The standard InChI is InChI=1S/C19H16ClNO3/c1-11-10-21(15-5-3-4-6-17(15)23-11)19(22)18-12(2)14-9-13(20)7-8-16(14)24-18/h3-9,11H,10H2,1-2H3/t11-/m1/s1. The zero-order valence-corrected chi connectivity index (χ0v) is 14.1. The van der Waals surface area contributed by atoms with Gasteiger partial charge in [0, 0.05) is 16.0 Å². The molecule has 122 valence electrons. The van der Waals surface area contributed by atoms with E-state index in [1.807, 2.05) is 44.2 Å². The number of nitrogens with zero attached hydrogens (tertiary/aromatic N) is 1. The van der Waals surface area contributed by atoms with Crippen LogP contribution in [0.25, 0.3) is 11.0 Å². The molecule has 1 aliphatic rings. The summed E-state index contributed by atoms with van der Waals surface area (Å²) >= 11 is 6.06. The number of ether oxygens (including phenoxy) is 1. The Morgan fingerprint density at radius 2 is 2.04 bits per heavy atom. The molecule has 5 heteroatoms. The number of hydrogen-bond donors (Lipinski definition) is 0. The lowest BCUT2D eigenvalue weighted by molar-refractivity contribution is 0.0935. The summed E-state index contributed by atoms with van der Waals surface area (Å²) in [5.74, 6) is 0.889. The fraction of sp³-hybridized carbons (Fsp3) is 0.211. The van der Waals surface area contributed by atoms with E-state index in [1.54, 1.807) is 17.0 Å². The van der Waals surface area contributed by atoms with E-state index in [9.17, 15) is 4.79 Å². The summed E-state index contributed by atoms with van der Waals surface area (Å²) in [6.07, 6.45) is -0.0806. The minimum Gasteiger partial charge on any atom is -0.487 e. The molecule has 3 aromatic rings. The number of rotatable bonds is 1. The van der Waals surface area contributed by atoms with Crippen LogP contribution in [-0.2, 0) is 0 Å². The second-order valence-electron chi connectivity index (χ2n) is 6.01. The fourth-order valence-electron chi connectivity index (χ4n) is 3.10. The Hall–Kier alpha value is -2.46. The first kappa shape index (κ1) is 15.1. The lowest BCUT2D eigenvalue weighted by atomic mass is 10.1. The summed E-state index contributed by atoms with van der Waals surface area (Å²) in [5, 5.41) is 1.48. The van der Waals surface area contributed by atoms with Crippen LogP contribution < -0.4 is 9.64 Å². The highest BCUT2D eigenvalue weighted by Gasteiger charge is 2.31. The molecule has 4 rings (SSSR count). The third-order valence-electron chi connectivity index (χ3n) is 4.26. The number of carbonyl (C=O) groups excluding carboxylic acids is 1. The van der Waals surface area contributed by atoms with Crippen molar-refractivity contribution in [3.63, 3.8) is 0 Å². The van der Waals surface area contributed by atoms with E-state index in [-0.39, 0.29) is 12.0 Å². The van der Waals surface area contributed by atoms with E-state index < -0.39 is 0 Å². The van der Waals surface area contributed by atoms with Crippen molar-refractivity contribution in [2.75, 3.05) is 11.4 Å².